The van der Waals surface area contributed by atoms with Crippen LogP contribution in [0.25, 0.3) is 0 Å². The fourth-order valence-corrected chi connectivity index (χ4v) is 2.35. The molecule has 1 aromatic carbocycles. The molecule has 1 N–H and O–H groups in total. The van der Waals surface area contributed by atoms with Gasteiger partial charge in [0.05, 0.1) is 26.0 Å². The van der Waals surface area contributed by atoms with E-state index < -0.39 is 0 Å². The van der Waals surface area contributed by atoms with Gasteiger partial charge in [-0.25, -0.2) is 0 Å². The maximum atomic E-state index is 8.27. The van der Waals surface area contributed by atoms with Crippen LogP contribution in [0.3, 0.4) is 0 Å². The molecule has 25 heavy (non-hydrogen) atoms. The first-order valence-corrected chi connectivity index (χ1v) is 9.04. The number of aryl methyl sites for hydroxylation is 2. The van der Waals surface area contributed by atoms with Crippen molar-refractivity contribution in [3.8, 4) is 11.5 Å². The average Bonchev–Trinajstić information content (AvgIpc) is 2.60. The summed E-state index contributed by atoms with van der Waals surface area (Å²) in [5.41, 5.74) is 2.20. The third kappa shape index (κ3) is 8.47. The fourth-order valence-electron chi connectivity index (χ4n) is 2.22. The standard InChI is InChI=1S/C18H25Cl2NO4/c1-3-14-12-16(24-10-6-17(19)20)13-15(4-2)18(14)25-9-5-8-23-11-7-21-22/h6-7,12-13,22H,3-5,8-11H2,1-2H3. The summed E-state index contributed by atoms with van der Waals surface area (Å²) in [5, 5.41) is 11.1. The van der Waals surface area contributed by atoms with Crippen LogP contribution in [-0.2, 0) is 17.6 Å². The van der Waals surface area contributed by atoms with Crippen molar-refractivity contribution in [1.29, 1.82) is 0 Å². The number of nitrogens with zero attached hydrogens (tertiary/aromatic N) is 1. The predicted molar refractivity (Wildman–Crippen MR) is 102 cm³/mol. The summed E-state index contributed by atoms with van der Waals surface area (Å²) in [6.45, 7) is 5.88. The first-order valence-electron chi connectivity index (χ1n) is 8.28. The largest absolute Gasteiger partial charge is 0.493 e. The lowest BCUT2D eigenvalue weighted by Crippen LogP contribution is -2.07. The number of hydrogen-bond donors (Lipinski definition) is 1. The Labute approximate surface area is 159 Å². The Bertz CT molecular complexity index is 547. The number of hydrogen-bond acceptors (Lipinski definition) is 5. The zero-order chi connectivity index (χ0) is 18.5. The smallest absolute Gasteiger partial charge is 0.125 e. The Balaban J connectivity index is 2.66. The summed E-state index contributed by atoms with van der Waals surface area (Å²) in [5.74, 6) is 1.69. The summed E-state index contributed by atoms with van der Waals surface area (Å²) in [6.07, 6.45) is 5.34. The minimum atomic E-state index is 0.193. The molecule has 0 amide bonds. The molecule has 140 valence electrons. The molecule has 0 saturated heterocycles. The minimum absolute atomic E-state index is 0.193. The van der Waals surface area contributed by atoms with Crippen LogP contribution in [0.15, 0.2) is 27.9 Å². The third-order valence-corrected chi connectivity index (χ3v) is 3.73. The van der Waals surface area contributed by atoms with E-state index in [1.807, 2.05) is 12.1 Å². The zero-order valence-electron chi connectivity index (χ0n) is 14.6. The molecule has 0 aliphatic carbocycles. The van der Waals surface area contributed by atoms with Gasteiger partial charge in [-0.15, -0.1) is 0 Å². The zero-order valence-corrected chi connectivity index (χ0v) is 16.1. The Kier molecular flexibility index (Phi) is 11.1. The van der Waals surface area contributed by atoms with Crippen LogP contribution < -0.4 is 9.47 Å². The van der Waals surface area contributed by atoms with Crippen LogP contribution in [0, 0.1) is 0 Å². The van der Waals surface area contributed by atoms with Crippen LogP contribution in [-0.4, -0.2) is 37.8 Å². The second kappa shape index (κ2) is 12.9. The molecule has 0 fully saturated rings. The lowest BCUT2D eigenvalue weighted by molar-refractivity contribution is 0.150. The van der Waals surface area contributed by atoms with E-state index in [-0.39, 0.29) is 4.49 Å². The molecule has 0 aliphatic heterocycles. The van der Waals surface area contributed by atoms with Gasteiger partial charge in [-0.05, 0) is 42.2 Å². The molecule has 1 rings (SSSR count). The molecule has 0 bridgehead atoms. The Morgan fingerprint density at radius 2 is 1.76 bits per heavy atom. The maximum Gasteiger partial charge on any atom is 0.125 e. The lowest BCUT2D eigenvalue weighted by Gasteiger charge is -2.17. The molecule has 0 unspecified atom stereocenters. The van der Waals surface area contributed by atoms with Gasteiger partial charge in [0.2, 0.25) is 0 Å². The van der Waals surface area contributed by atoms with E-state index in [0.29, 0.717) is 26.4 Å². The van der Waals surface area contributed by atoms with E-state index in [2.05, 4.69) is 19.0 Å². The predicted octanol–water partition coefficient (Wildman–Crippen LogP) is 4.75. The van der Waals surface area contributed by atoms with Crippen molar-refractivity contribution in [3.63, 3.8) is 0 Å². The molecule has 5 nitrogen and oxygen atoms in total. The van der Waals surface area contributed by atoms with Gasteiger partial charge in [-0.1, -0.05) is 42.2 Å². The lowest BCUT2D eigenvalue weighted by atomic mass is 10.0. The summed E-state index contributed by atoms with van der Waals surface area (Å²) in [6, 6.07) is 3.97. The maximum absolute atomic E-state index is 8.27. The SMILES string of the molecule is CCc1cc(OCC=C(Cl)Cl)cc(CC)c1OCCCOCC=NO. The van der Waals surface area contributed by atoms with Gasteiger partial charge >= 0.3 is 0 Å². The van der Waals surface area contributed by atoms with E-state index in [4.69, 9.17) is 42.6 Å². The van der Waals surface area contributed by atoms with Crippen LogP contribution in [0.5, 0.6) is 11.5 Å². The van der Waals surface area contributed by atoms with Gasteiger partial charge in [0.15, 0.2) is 0 Å². The second-order valence-electron chi connectivity index (χ2n) is 5.16. The quantitative estimate of drug-likeness (QED) is 0.242. The van der Waals surface area contributed by atoms with Crippen molar-refractivity contribution in [2.45, 2.75) is 33.1 Å². The van der Waals surface area contributed by atoms with Crippen LogP contribution in [0.1, 0.15) is 31.4 Å². The molecule has 0 aromatic heterocycles. The van der Waals surface area contributed by atoms with Crippen molar-refractivity contribution >= 4 is 29.4 Å². The highest BCUT2D eigenvalue weighted by atomic mass is 35.5. The first kappa shape index (κ1) is 21.6. The van der Waals surface area contributed by atoms with Crippen molar-refractivity contribution in [3.05, 3.63) is 33.8 Å². The number of ether oxygens (including phenoxy) is 3. The summed E-state index contributed by atoms with van der Waals surface area (Å²) >= 11 is 11.2. The second-order valence-corrected chi connectivity index (χ2v) is 6.17. The van der Waals surface area contributed by atoms with Gasteiger partial charge in [0, 0.05) is 6.42 Å². The normalized spacial score (nSPS) is 10.9. The monoisotopic (exact) mass is 389 g/mol. The highest BCUT2D eigenvalue weighted by Gasteiger charge is 2.11. The summed E-state index contributed by atoms with van der Waals surface area (Å²) in [7, 11) is 0. The van der Waals surface area contributed by atoms with Gasteiger partial charge in [0.1, 0.15) is 22.6 Å². The number of oxime groups is 1. The van der Waals surface area contributed by atoms with Crippen LogP contribution in [0.4, 0.5) is 0 Å². The highest BCUT2D eigenvalue weighted by molar-refractivity contribution is 6.55. The molecule has 0 saturated carbocycles. The van der Waals surface area contributed by atoms with Crippen molar-refractivity contribution < 1.29 is 19.4 Å². The number of halogens is 2. The molecule has 1 aromatic rings. The van der Waals surface area contributed by atoms with Gasteiger partial charge in [-0.2, -0.15) is 0 Å². The van der Waals surface area contributed by atoms with Crippen molar-refractivity contribution in [1.82, 2.24) is 0 Å². The van der Waals surface area contributed by atoms with E-state index in [9.17, 15) is 0 Å². The topological polar surface area (TPSA) is 60.3 Å². The summed E-state index contributed by atoms with van der Waals surface area (Å²) < 4.78 is 17.1. The van der Waals surface area contributed by atoms with E-state index in [0.717, 1.165) is 41.9 Å². The molecule has 0 heterocycles. The first-order chi connectivity index (χ1) is 12.1. The number of rotatable bonds is 12. The van der Waals surface area contributed by atoms with Crippen LogP contribution >= 0.6 is 23.2 Å². The van der Waals surface area contributed by atoms with Gasteiger partial charge < -0.3 is 19.4 Å². The van der Waals surface area contributed by atoms with Crippen LogP contribution in [0.2, 0.25) is 0 Å². The Morgan fingerprint density at radius 3 is 2.32 bits per heavy atom. The fraction of sp³-hybridized carbons (Fsp3) is 0.500. The van der Waals surface area contributed by atoms with Crippen molar-refractivity contribution in [2.24, 2.45) is 5.16 Å². The van der Waals surface area contributed by atoms with E-state index in [1.165, 1.54) is 6.21 Å². The molecule has 0 spiro atoms. The molecule has 0 radical (unpaired) electrons. The molecule has 0 atom stereocenters. The Hall–Kier alpha value is -1.43. The van der Waals surface area contributed by atoms with Gasteiger partial charge in [0.25, 0.3) is 0 Å². The van der Waals surface area contributed by atoms with E-state index in [1.54, 1.807) is 6.08 Å². The van der Waals surface area contributed by atoms with Crippen molar-refractivity contribution in [2.75, 3.05) is 26.4 Å². The molecular formula is C18H25Cl2NO4. The van der Waals surface area contributed by atoms with E-state index >= 15 is 0 Å². The highest BCUT2D eigenvalue weighted by Crippen LogP contribution is 2.31. The average molecular weight is 390 g/mol. The summed E-state index contributed by atoms with van der Waals surface area (Å²) in [4.78, 5) is 0. The third-order valence-electron chi connectivity index (χ3n) is 3.42. The minimum Gasteiger partial charge on any atom is -0.493 e. The molecular weight excluding hydrogens is 365 g/mol. The molecule has 0 aliphatic rings. The van der Waals surface area contributed by atoms with Gasteiger partial charge in [-0.3, -0.25) is 0 Å². The molecule has 7 heteroatoms. The Morgan fingerprint density at radius 1 is 1.08 bits per heavy atom. The number of benzene rings is 1.